The summed E-state index contributed by atoms with van der Waals surface area (Å²) in [5.41, 5.74) is 0. The fraction of sp³-hybridized carbons (Fsp3) is 1.00. The van der Waals surface area contributed by atoms with Gasteiger partial charge in [0.05, 0.1) is 6.10 Å². The van der Waals surface area contributed by atoms with E-state index in [0.29, 0.717) is 12.8 Å². The van der Waals surface area contributed by atoms with Gasteiger partial charge in [0.2, 0.25) is 0 Å². The van der Waals surface area contributed by atoms with Crippen LogP contribution >= 0.6 is 0 Å². The van der Waals surface area contributed by atoms with Gasteiger partial charge in [-0.2, -0.15) is 8.42 Å². The van der Waals surface area contributed by atoms with Crippen LogP contribution in [-0.2, 0) is 10.1 Å². The molecular weight excluding hydrogens is 372 g/mol. The van der Waals surface area contributed by atoms with Gasteiger partial charge < -0.3 is 5.11 Å². The number of hydrogen-bond donors (Lipinski definition) is 2. The molecule has 0 spiro atoms. The molecule has 0 aromatic carbocycles. The highest BCUT2D eigenvalue weighted by Crippen LogP contribution is 2.20. The Hall–Kier alpha value is -0.130. The SMILES string of the molecule is CCCCCCCCCCCCCCC(C(O)CCCCCCC)S(=O)(=O)O. The number of aliphatic hydroxyl groups is 1. The van der Waals surface area contributed by atoms with Crippen LogP contribution in [0.2, 0.25) is 0 Å². The van der Waals surface area contributed by atoms with Gasteiger partial charge >= 0.3 is 0 Å². The first kappa shape index (κ1) is 27.9. The molecule has 0 aromatic rings. The third-order valence-corrected chi connectivity index (χ3v) is 7.07. The van der Waals surface area contributed by atoms with Gasteiger partial charge in [0.15, 0.2) is 0 Å². The number of unbranched alkanes of at least 4 members (excludes halogenated alkanes) is 15. The molecule has 0 aromatic heterocycles. The minimum Gasteiger partial charge on any atom is -0.392 e. The predicted molar refractivity (Wildman–Crippen MR) is 120 cm³/mol. The maximum Gasteiger partial charge on any atom is 0.270 e. The average Bonchev–Trinajstić information content (AvgIpc) is 2.64. The van der Waals surface area contributed by atoms with Gasteiger partial charge in [0.1, 0.15) is 5.25 Å². The lowest BCUT2D eigenvalue weighted by Crippen LogP contribution is -2.33. The van der Waals surface area contributed by atoms with Crippen molar-refractivity contribution in [1.29, 1.82) is 0 Å². The van der Waals surface area contributed by atoms with Crippen molar-refractivity contribution >= 4 is 10.1 Å². The van der Waals surface area contributed by atoms with Crippen molar-refractivity contribution in [1.82, 2.24) is 0 Å². The van der Waals surface area contributed by atoms with Gasteiger partial charge in [-0.05, 0) is 12.8 Å². The van der Waals surface area contributed by atoms with Crippen LogP contribution in [0, 0.1) is 0 Å². The monoisotopic (exact) mass is 420 g/mol. The number of hydrogen-bond acceptors (Lipinski definition) is 3. The Morgan fingerprint density at radius 2 is 0.893 bits per heavy atom. The summed E-state index contributed by atoms with van der Waals surface area (Å²) in [4.78, 5) is 0. The first-order chi connectivity index (χ1) is 13.4. The molecule has 0 amide bonds. The molecular formula is C23H48O4S. The maximum absolute atomic E-state index is 11.6. The van der Waals surface area contributed by atoms with E-state index in [1.54, 1.807) is 0 Å². The fourth-order valence-corrected chi connectivity index (χ4v) is 4.87. The summed E-state index contributed by atoms with van der Waals surface area (Å²) in [6, 6.07) is 0. The lowest BCUT2D eigenvalue weighted by atomic mass is 10.0. The Labute approximate surface area is 175 Å². The minimum atomic E-state index is -4.18. The van der Waals surface area contributed by atoms with Crippen molar-refractivity contribution in [2.75, 3.05) is 0 Å². The second-order valence-electron chi connectivity index (χ2n) is 8.50. The summed E-state index contributed by atoms with van der Waals surface area (Å²) >= 11 is 0. The normalized spacial score (nSPS) is 14.3. The fourth-order valence-electron chi connectivity index (χ4n) is 3.87. The maximum atomic E-state index is 11.6. The zero-order valence-electron chi connectivity index (χ0n) is 18.7. The molecule has 28 heavy (non-hydrogen) atoms. The van der Waals surface area contributed by atoms with Crippen LogP contribution in [0.15, 0.2) is 0 Å². The van der Waals surface area contributed by atoms with Crippen LogP contribution in [-0.4, -0.2) is 29.4 Å². The van der Waals surface area contributed by atoms with Crippen LogP contribution in [0.3, 0.4) is 0 Å². The highest BCUT2D eigenvalue weighted by atomic mass is 32.2. The van der Waals surface area contributed by atoms with Crippen molar-refractivity contribution in [2.24, 2.45) is 0 Å². The van der Waals surface area contributed by atoms with E-state index in [1.165, 1.54) is 64.2 Å². The van der Waals surface area contributed by atoms with Gasteiger partial charge in [-0.15, -0.1) is 0 Å². The van der Waals surface area contributed by atoms with Gasteiger partial charge in [-0.25, -0.2) is 0 Å². The topological polar surface area (TPSA) is 74.6 Å². The molecule has 0 bridgehead atoms. The summed E-state index contributed by atoms with van der Waals surface area (Å²) < 4.78 is 32.7. The third kappa shape index (κ3) is 16.8. The molecule has 2 N–H and O–H groups in total. The zero-order valence-corrected chi connectivity index (χ0v) is 19.5. The van der Waals surface area contributed by atoms with Crippen LogP contribution < -0.4 is 0 Å². The van der Waals surface area contributed by atoms with E-state index in [9.17, 15) is 18.1 Å². The molecule has 0 heterocycles. The highest BCUT2D eigenvalue weighted by Gasteiger charge is 2.29. The Kier molecular flexibility index (Phi) is 18.8. The van der Waals surface area contributed by atoms with Crippen LogP contribution in [0.25, 0.3) is 0 Å². The van der Waals surface area contributed by atoms with E-state index in [0.717, 1.165) is 44.9 Å². The molecule has 0 aliphatic rings. The molecule has 170 valence electrons. The molecule has 5 heteroatoms. The smallest absolute Gasteiger partial charge is 0.270 e. The van der Waals surface area contributed by atoms with E-state index in [1.807, 2.05) is 0 Å². The van der Waals surface area contributed by atoms with Crippen molar-refractivity contribution < 1.29 is 18.1 Å². The van der Waals surface area contributed by atoms with E-state index >= 15 is 0 Å². The number of rotatable bonds is 21. The largest absolute Gasteiger partial charge is 0.392 e. The van der Waals surface area contributed by atoms with Crippen LogP contribution in [0.1, 0.15) is 136 Å². The first-order valence-electron chi connectivity index (χ1n) is 12.1. The quantitative estimate of drug-likeness (QED) is 0.154. The Morgan fingerprint density at radius 1 is 0.571 bits per heavy atom. The molecule has 0 fully saturated rings. The molecule has 2 atom stereocenters. The van der Waals surface area contributed by atoms with Gasteiger partial charge in [-0.1, -0.05) is 123 Å². The van der Waals surface area contributed by atoms with Crippen molar-refractivity contribution in [3.8, 4) is 0 Å². The second kappa shape index (κ2) is 18.9. The zero-order chi connectivity index (χ0) is 21.1. The van der Waals surface area contributed by atoms with E-state index in [2.05, 4.69) is 13.8 Å². The van der Waals surface area contributed by atoms with E-state index < -0.39 is 21.5 Å². The summed E-state index contributed by atoms with van der Waals surface area (Å²) in [5.74, 6) is 0. The molecule has 0 rings (SSSR count). The molecule has 0 saturated heterocycles. The van der Waals surface area contributed by atoms with Crippen LogP contribution in [0.4, 0.5) is 0 Å². The Balaban J connectivity index is 3.78. The Bertz CT molecular complexity index is 422. The first-order valence-corrected chi connectivity index (χ1v) is 13.6. The number of aliphatic hydroxyl groups excluding tert-OH is 1. The minimum absolute atomic E-state index is 0.367. The Morgan fingerprint density at radius 3 is 1.25 bits per heavy atom. The summed E-state index contributed by atoms with van der Waals surface area (Å²) in [6.45, 7) is 4.39. The van der Waals surface area contributed by atoms with Crippen molar-refractivity contribution in [2.45, 2.75) is 147 Å². The predicted octanol–water partition coefficient (Wildman–Crippen LogP) is 7.06. The van der Waals surface area contributed by atoms with Crippen LogP contribution in [0.5, 0.6) is 0 Å². The molecule has 0 saturated carbocycles. The molecule has 4 nitrogen and oxygen atoms in total. The molecule has 0 aliphatic carbocycles. The second-order valence-corrected chi connectivity index (χ2v) is 10.1. The van der Waals surface area contributed by atoms with E-state index in [4.69, 9.17) is 0 Å². The van der Waals surface area contributed by atoms with Gasteiger partial charge in [0.25, 0.3) is 10.1 Å². The van der Waals surface area contributed by atoms with Crippen molar-refractivity contribution in [3.05, 3.63) is 0 Å². The lowest BCUT2D eigenvalue weighted by Gasteiger charge is -2.20. The third-order valence-electron chi connectivity index (χ3n) is 5.76. The van der Waals surface area contributed by atoms with Gasteiger partial charge in [0, 0.05) is 0 Å². The summed E-state index contributed by atoms with van der Waals surface area (Å²) in [5, 5.41) is 9.23. The molecule has 2 unspecified atom stereocenters. The molecule has 0 radical (unpaired) electrons. The summed E-state index contributed by atoms with van der Waals surface area (Å²) in [6.07, 6.45) is 19.9. The highest BCUT2D eigenvalue weighted by molar-refractivity contribution is 7.86. The van der Waals surface area contributed by atoms with E-state index in [-0.39, 0.29) is 0 Å². The molecule has 0 aliphatic heterocycles. The van der Waals surface area contributed by atoms with Crippen molar-refractivity contribution in [3.63, 3.8) is 0 Å². The lowest BCUT2D eigenvalue weighted by molar-refractivity contribution is 0.146. The standard InChI is InChI=1S/C23H48O4S/c1-3-5-7-9-10-11-12-13-14-15-17-19-21-23(28(25,26)27)22(24)20-18-16-8-6-4-2/h22-24H,3-21H2,1-2H3,(H,25,26,27). The average molecular weight is 421 g/mol. The summed E-state index contributed by atoms with van der Waals surface area (Å²) in [7, 11) is -4.18. The van der Waals surface area contributed by atoms with Gasteiger partial charge in [-0.3, -0.25) is 4.55 Å².